The van der Waals surface area contributed by atoms with Gasteiger partial charge in [-0.3, -0.25) is 0 Å². The van der Waals surface area contributed by atoms with Crippen LogP contribution in [0.1, 0.15) is 32.1 Å². The highest BCUT2D eigenvalue weighted by Gasteiger charge is 2.46. The number of hydrogen-bond donors (Lipinski definition) is 1. The molecule has 18 heavy (non-hydrogen) atoms. The average Bonchev–Trinajstić information content (AvgIpc) is 2.79. The predicted octanol–water partition coefficient (Wildman–Crippen LogP) is 1.70. The Kier molecular flexibility index (Phi) is 2.89. The molecule has 1 saturated heterocycles. The van der Waals surface area contributed by atoms with Crippen LogP contribution < -0.4 is 4.90 Å². The summed E-state index contributed by atoms with van der Waals surface area (Å²) in [4.78, 5) is 21.8. The lowest BCUT2D eigenvalue weighted by atomic mass is 9.85. The van der Waals surface area contributed by atoms with Crippen LogP contribution in [-0.4, -0.2) is 33.1 Å². The Labute approximate surface area is 106 Å². The molecule has 2 aliphatic rings. The molecule has 1 aliphatic carbocycles. The molecular weight excluding hydrogens is 230 g/mol. The molecule has 1 saturated carbocycles. The van der Waals surface area contributed by atoms with Crippen molar-refractivity contribution in [3.63, 3.8) is 0 Å². The number of fused-ring (bicyclic) bond motifs is 1. The molecule has 0 aromatic carbocycles. The number of carboxylic acid groups (broad SMARTS) is 1. The van der Waals surface area contributed by atoms with Gasteiger partial charge in [-0.1, -0.05) is 12.8 Å². The highest BCUT2D eigenvalue weighted by atomic mass is 16.4. The van der Waals surface area contributed by atoms with E-state index in [1.807, 2.05) is 4.90 Å². The quantitative estimate of drug-likeness (QED) is 0.861. The number of aromatic nitrogens is 2. The highest BCUT2D eigenvalue weighted by Crippen LogP contribution is 2.41. The molecule has 1 aromatic rings. The van der Waals surface area contributed by atoms with Crippen molar-refractivity contribution in [2.45, 2.75) is 44.2 Å². The summed E-state index contributed by atoms with van der Waals surface area (Å²) in [6, 6.07) is 1.61. The summed E-state index contributed by atoms with van der Waals surface area (Å²) >= 11 is 0. The van der Waals surface area contributed by atoms with Crippen molar-refractivity contribution in [3.8, 4) is 0 Å². The second-order valence-electron chi connectivity index (χ2n) is 5.16. The third kappa shape index (κ3) is 1.83. The molecule has 1 aromatic heterocycles. The minimum Gasteiger partial charge on any atom is -0.480 e. The van der Waals surface area contributed by atoms with Crippen molar-refractivity contribution in [1.29, 1.82) is 0 Å². The van der Waals surface area contributed by atoms with Gasteiger partial charge in [0.15, 0.2) is 0 Å². The summed E-state index contributed by atoms with van der Waals surface area (Å²) in [5.41, 5.74) is 0. The van der Waals surface area contributed by atoms with Gasteiger partial charge in [0.1, 0.15) is 6.04 Å². The third-order valence-electron chi connectivity index (χ3n) is 4.16. The van der Waals surface area contributed by atoms with Crippen LogP contribution >= 0.6 is 0 Å². The number of anilines is 1. The van der Waals surface area contributed by atoms with E-state index in [0.717, 1.165) is 19.3 Å². The van der Waals surface area contributed by atoms with E-state index in [1.54, 1.807) is 18.5 Å². The number of aliphatic carboxylic acids is 1. The molecule has 5 heteroatoms. The van der Waals surface area contributed by atoms with E-state index in [0.29, 0.717) is 17.9 Å². The van der Waals surface area contributed by atoms with Gasteiger partial charge in [-0.15, -0.1) is 0 Å². The van der Waals surface area contributed by atoms with Crippen LogP contribution in [0.4, 0.5) is 5.95 Å². The fourth-order valence-electron chi connectivity index (χ4n) is 3.39. The standard InChI is InChI=1S/C13H17N3O2/c17-12(18)11-8-9-4-1-2-5-10(9)16(11)13-14-6-3-7-15-13/h3,6-7,9-11H,1-2,4-5,8H2,(H,17,18)/t9-,10-,11-/m0/s1. The molecule has 2 heterocycles. The molecule has 2 fully saturated rings. The van der Waals surface area contributed by atoms with Crippen molar-refractivity contribution in [2.75, 3.05) is 4.90 Å². The van der Waals surface area contributed by atoms with Gasteiger partial charge in [-0.05, 0) is 31.2 Å². The van der Waals surface area contributed by atoms with Gasteiger partial charge < -0.3 is 10.0 Å². The van der Waals surface area contributed by atoms with Crippen molar-refractivity contribution < 1.29 is 9.90 Å². The lowest BCUT2D eigenvalue weighted by molar-refractivity contribution is -0.138. The molecule has 3 atom stereocenters. The van der Waals surface area contributed by atoms with Crippen LogP contribution in [0.25, 0.3) is 0 Å². The van der Waals surface area contributed by atoms with E-state index in [1.165, 1.54) is 12.8 Å². The first-order chi connectivity index (χ1) is 8.77. The third-order valence-corrected chi connectivity index (χ3v) is 4.16. The van der Waals surface area contributed by atoms with Crippen LogP contribution in [0.5, 0.6) is 0 Å². The van der Waals surface area contributed by atoms with Crippen molar-refractivity contribution >= 4 is 11.9 Å². The molecule has 0 unspecified atom stereocenters. The maximum absolute atomic E-state index is 11.4. The van der Waals surface area contributed by atoms with Crippen molar-refractivity contribution in [3.05, 3.63) is 18.5 Å². The SMILES string of the molecule is O=C(O)[C@@H]1C[C@@H]2CCCC[C@@H]2N1c1ncccn1. The molecule has 3 rings (SSSR count). The lowest BCUT2D eigenvalue weighted by Gasteiger charge is -2.32. The zero-order chi connectivity index (χ0) is 12.5. The summed E-state index contributed by atoms with van der Waals surface area (Å²) in [6.45, 7) is 0. The number of carboxylic acids is 1. The van der Waals surface area contributed by atoms with E-state index in [4.69, 9.17) is 0 Å². The van der Waals surface area contributed by atoms with E-state index < -0.39 is 12.0 Å². The fourth-order valence-corrected chi connectivity index (χ4v) is 3.39. The second kappa shape index (κ2) is 4.55. The Morgan fingerprint density at radius 3 is 2.72 bits per heavy atom. The molecule has 1 N–H and O–H groups in total. The van der Waals surface area contributed by atoms with Crippen LogP contribution in [-0.2, 0) is 4.79 Å². The lowest BCUT2D eigenvalue weighted by Crippen LogP contribution is -2.43. The zero-order valence-corrected chi connectivity index (χ0v) is 10.2. The van der Waals surface area contributed by atoms with Gasteiger partial charge in [-0.2, -0.15) is 0 Å². The zero-order valence-electron chi connectivity index (χ0n) is 10.2. The Morgan fingerprint density at radius 1 is 1.28 bits per heavy atom. The van der Waals surface area contributed by atoms with Crippen LogP contribution in [0.3, 0.4) is 0 Å². The molecule has 0 bridgehead atoms. The van der Waals surface area contributed by atoms with Gasteiger partial charge in [0.05, 0.1) is 0 Å². The number of hydrogen-bond acceptors (Lipinski definition) is 4. The first-order valence-corrected chi connectivity index (χ1v) is 6.55. The first kappa shape index (κ1) is 11.4. The fraction of sp³-hybridized carbons (Fsp3) is 0.615. The molecule has 96 valence electrons. The molecular formula is C13H17N3O2. The number of carbonyl (C=O) groups is 1. The van der Waals surface area contributed by atoms with Crippen molar-refractivity contribution in [2.24, 2.45) is 5.92 Å². The maximum atomic E-state index is 11.4. The van der Waals surface area contributed by atoms with Crippen LogP contribution in [0, 0.1) is 5.92 Å². The number of rotatable bonds is 2. The molecule has 0 amide bonds. The van der Waals surface area contributed by atoms with E-state index in [2.05, 4.69) is 9.97 Å². The second-order valence-corrected chi connectivity index (χ2v) is 5.16. The van der Waals surface area contributed by atoms with Gasteiger partial charge >= 0.3 is 5.97 Å². The Morgan fingerprint density at radius 2 is 2.00 bits per heavy atom. The molecule has 0 radical (unpaired) electrons. The van der Waals surface area contributed by atoms with E-state index in [-0.39, 0.29) is 0 Å². The number of nitrogens with zero attached hydrogens (tertiary/aromatic N) is 3. The molecule has 1 aliphatic heterocycles. The first-order valence-electron chi connectivity index (χ1n) is 6.55. The summed E-state index contributed by atoms with van der Waals surface area (Å²) in [5, 5.41) is 9.39. The van der Waals surface area contributed by atoms with E-state index in [9.17, 15) is 9.90 Å². The average molecular weight is 247 g/mol. The van der Waals surface area contributed by atoms with E-state index >= 15 is 0 Å². The van der Waals surface area contributed by atoms with Crippen LogP contribution in [0.15, 0.2) is 18.5 Å². The topological polar surface area (TPSA) is 66.3 Å². The summed E-state index contributed by atoms with van der Waals surface area (Å²) in [5.74, 6) is 0.305. The summed E-state index contributed by atoms with van der Waals surface area (Å²) in [6.07, 6.45) is 8.69. The van der Waals surface area contributed by atoms with Gasteiger partial charge in [0.25, 0.3) is 0 Å². The van der Waals surface area contributed by atoms with Gasteiger partial charge in [-0.25, -0.2) is 14.8 Å². The molecule has 0 spiro atoms. The van der Waals surface area contributed by atoms with Crippen molar-refractivity contribution in [1.82, 2.24) is 9.97 Å². The minimum absolute atomic E-state index is 0.308. The highest BCUT2D eigenvalue weighted by molar-refractivity contribution is 5.78. The summed E-state index contributed by atoms with van der Waals surface area (Å²) in [7, 11) is 0. The Hall–Kier alpha value is -1.65. The smallest absolute Gasteiger partial charge is 0.326 e. The van der Waals surface area contributed by atoms with Gasteiger partial charge in [0, 0.05) is 18.4 Å². The largest absolute Gasteiger partial charge is 0.480 e. The monoisotopic (exact) mass is 247 g/mol. The maximum Gasteiger partial charge on any atom is 0.326 e. The normalized spacial score (nSPS) is 31.1. The van der Waals surface area contributed by atoms with Crippen LogP contribution in [0.2, 0.25) is 0 Å². The minimum atomic E-state index is -0.753. The summed E-state index contributed by atoms with van der Waals surface area (Å²) < 4.78 is 0. The Bertz CT molecular complexity index is 437. The predicted molar refractivity (Wildman–Crippen MR) is 66.3 cm³/mol. The van der Waals surface area contributed by atoms with Gasteiger partial charge in [0.2, 0.25) is 5.95 Å². The Balaban J connectivity index is 1.94. The molecule has 5 nitrogen and oxygen atoms in total.